The van der Waals surface area contributed by atoms with E-state index >= 15 is 0 Å². The summed E-state index contributed by atoms with van der Waals surface area (Å²) in [5, 5.41) is 19.7. The van der Waals surface area contributed by atoms with E-state index in [0.29, 0.717) is 35.2 Å². The Kier molecular flexibility index (Phi) is 21.9. The number of carbonyl (C=O) groups excluding carboxylic acids is 8. The van der Waals surface area contributed by atoms with Gasteiger partial charge in [-0.1, -0.05) is 77.9 Å². The highest BCUT2D eigenvalue weighted by molar-refractivity contribution is 8.76. The number of primary amides is 1. The maximum atomic E-state index is 14.7. The van der Waals surface area contributed by atoms with Gasteiger partial charge in [-0.05, 0) is 85.2 Å². The molecule has 0 saturated carbocycles. The molecular formula is C52H65F2N13O8S2. The number of amides is 8. The molecule has 2 aromatic heterocycles. The van der Waals surface area contributed by atoms with Gasteiger partial charge in [0.2, 0.25) is 47.3 Å². The van der Waals surface area contributed by atoms with E-state index in [4.69, 9.17) is 17.2 Å². The molecule has 3 heterocycles. The van der Waals surface area contributed by atoms with Crippen molar-refractivity contribution in [3.05, 3.63) is 126 Å². The SMILES string of the molecule is CC(C)[C@@H]1NC(=O)[C@H](CCCCN)NC(=O)[C@@H](Cc2c[nH]c3ccccc23)NC(=O)[C@H](Cc2cnc[nH]2)NC(=O)[C@H](NC(=O)[C@@H](N)Cc2cccc(F)c2)CSSC[C@@H](C(=O)N[C@@H](Cc2cccc(F)c2)C(N)=O)NC1=O. The number of aromatic nitrogens is 3. The van der Waals surface area contributed by atoms with Gasteiger partial charge < -0.3 is 64.4 Å². The molecule has 1 fully saturated rings. The number of rotatable bonds is 18. The Morgan fingerprint density at radius 1 is 0.740 bits per heavy atom. The van der Waals surface area contributed by atoms with Gasteiger partial charge in [0.05, 0.1) is 12.4 Å². The zero-order valence-corrected chi connectivity index (χ0v) is 44.1. The van der Waals surface area contributed by atoms with Crippen LogP contribution in [0.2, 0.25) is 0 Å². The van der Waals surface area contributed by atoms with Gasteiger partial charge >= 0.3 is 0 Å². The fourth-order valence-corrected chi connectivity index (χ4v) is 10.8. The minimum Gasteiger partial charge on any atom is -0.368 e. The lowest BCUT2D eigenvalue weighted by atomic mass is 10.00. The van der Waals surface area contributed by atoms with E-state index in [1.165, 1.54) is 55.0 Å². The molecule has 8 amide bonds. The van der Waals surface area contributed by atoms with Crippen LogP contribution in [0.5, 0.6) is 0 Å². The number of hydrogen-bond donors (Lipinski definition) is 12. The largest absolute Gasteiger partial charge is 0.368 e. The molecule has 0 aliphatic carbocycles. The third-order valence-electron chi connectivity index (χ3n) is 12.7. The molecular weight excluding hydrogens is 1040 g/mol. The summed E-state index contributed by atoms with van der Waals surface area (Å²) in [6.07, 6.45) is 4.81. The van der Waals surface area contributed by atoms with Crippen molar-refractivity contribution in [2.45, 2.75) is 107 Å². The normalized spacial score (nSPS) is 21.2. The first-order chi connectivity index (χ1) is 36.9. The predicted molar refractivity (Wildman–Crippen MR) is 288 cm³/mol. The van der Waals surface area contributed by atoms with Crippen LogP contribution in [0.1, 0.15) is 55.5 Å². The topological polar surface area (TPSA) is 343 Å². The smallest absolute Gasteiger partial charge is 0.244 e. The van der Waals surface area contributed by atoms with Crippen LogP contribution in [-0.4, -0.2) is 129 Å². The number of halogens is 2. The third kappa shape index (κ3) is 17.6. The number of H-pyrrole nitrogens is 2. The summed E-state index contributed by atoms with van der Waals surface area (Å²) in [6, 6.07) is 7.21. The summed E-state index contributed by atoms with van der Waals surface area (Å²) < 4.78 is 28.3. The second-order valence-electron chi connectivity index (χ2n) is 19.0. The van der Waals surface area contributed by atoms with Gasteiger partial charge in [0.15, 0.2) is 0 Å². The number of carbonyl (C=O) groups is 8. The Bertz CT molecular complexity index is 2860. The fraction of sp³-hybridized carbons (Fsp3) is 0.404. The highest BCUT2D eigenvalue weighted by atomic mass is 33.1. The molecule has 21 nitrogen and oxygen atoms in total. The van der Waals surface area contributed by atoms with Crippen molar-refractivity contribution >= 4 is 79.7 Å². The Hall–Kier alpha value is -7.35. The highest BCUT2D eigenvalue weighted by Gasteiger charge is 2.36. The van der Waals surface area contributed by atoms with Crippen molar-refractivity contribution in [1.29, 1.82) is 0 Å². The number of hydrogen-bond acceptors (Lipinski definition) is 13. The van der Waals surface area contributed by atoms with Gasteiger partial charge in [-0.25, -0.2) is 13.8 Å². The summed E-state index contributed by atoms with van der Waals surface area (Å²) in [7, 11) is 1.98. The predicted octanol–water partition coefficient (Wildman–Crippen LogP) is 0.826. The van der Waals surface area contributed by atoms with E-state index < -0.39 is 113 Å². The zero-order chi connectivity index (χ0) is 55.6. The number of unbranched alkanes of at least 4 members (excludes halogenated alkanes) is 1. The molecule has 0 bridgehead atoms. The second kappa shape index (κ2) is 28.7. The first-order valence-electron chi connectivity index (χ1n) is 25.0. The Morgan fingerprint density at radius 2 is 1.38 bits per heavy atom. The number of nitrogens with one attached hydrogen (secondary N) is 9. The molecule has 1 saturated heterocycles. The van der Waals surface area contributed by atoms with Crippen LogP contribution in [0, 0.1) is 17.6 Å². The minimum absolute atomic E-state index is 0.0607. The lowest BCUT2D eigenvalue weighted by Gasteiger charge is -2.29. The zero-order valence-electron chi connectivity index (χ0n) is 42.4. The molecule has 6 rings (SSSR count). The third-order valence-corrected chi connectivity index (χ3v) is 15.1. The molecule has 15 N–H and O–H groups in total. The average molecular weight is 1100 g/mol. The second-order valence-corrected chi connectivity index (χ2v) is 21.5. The van der Waals surface area contributed by atoms with Gasteiger partial charge in [-0.3, -0.25) is 38.4 Å². The molecule has 1 aliphatic rings. The van der Waals surface area contributed by atoms with Gasteiger partial charge in [-0.15, -0.1) is 0 Å². The van der Waals surface area contributed by atoms with Crippen LogP contribution >= 0.6 is 21.6 Å². The molecule has 5 aromatic rings. The Morgan fingerprint density at radius 3 is 2.03 bits per heavy atom. The Balaban J connectivity index is 1.38. The van der Waals surface area contributed by atoms with Gasteiger partial charge in [-0.2, -0.15) is 0 Å². The van der Waals surface area contributed by atoms with E-state index in [-0.39, 0.29) is 50.2 Å². The van der Waals surface area contributed by atoms with Crippen LogP contribution < -0.4 is 54.4 Å². The molecule has 1 aliphatic heterocycles. The lowest BCUT2D eigenvalue weighted by molar-refractivity contribution is -0.136. The maximum absolute atomic E-state index is 14.7. The first-order valence-corrected chi connectivity index (χ1v) is 27.5. The summed E-state index contributed by atoms with van der Waals surface area (Å²) in [5.74, 6) is -8.90. The van der Waals surface area contributed by atoms with E-state index in [1.54, 1.807) is 26.1 Å². The molecule has 77 heavy (non-hydrogen) atoms. The van der Waals surface area contributed by atoms with Gasteiger partial charge in [0.1, 0.15) is 53.9 Å². The number of fused-ring (bicyclic) bond motifs is 1. The monoisotopic (exact) mass is 1100 g/mol. The number of benzene rings is 3. The van der Waals surface area contributed by atoms with Gasteiger partial charge in [0, 0.05) is 59.8 Å². The summed E-state index contributed by atoms with van der Waals surface area (Å²) in [4.78, 5) is 124. The molecule has 8 atom stereocenters. The molecule has 0 unspecified atom stereocenters. The standard InChI is InChI=1S/C52H65F2N13O8S2/c1-28(2)44-52(75)66-43(50(73)62-39(45(57)68)20-30-10-8-12-33(54)18-30)26-77-76-25-42(65-46(69)36(56)19-29-9-7-11-32(53)17-29)51(74)64-41(22-34-24-58-27-60-34)49(72)63-40(21-31-23-59-37-14-4-3-13-35(31)37)48(71)61-38(47(70)67-44)15-5-6-16-55/h3-4,7-14,17-18,23-24,27-28,36,38-44,59H,5-6,15-16,19-22,25-26,55-56H2,1-2H3,(H2,57,68)(H,58,60)(H,61,71)(H,62,73)(H,63,72)(H,64,74)(H,65,69)(H,66,75)(H,67,70)/t36-,38-,39-,40+,41-,42+,43-,44-/m0/s1. The molecule has 0 spiro atoms. The molecule has 25 heteroatoms. The molecule has 3 aromatic carbocycles. The van der Waals surface area contributed by atoms with E-state index in [9.17, 15) is 47.1 Å². The summed E-state index contributed by atoms with van der Waals surface area (Å²) in [6.45, 7) is 3.58. The summed E-state index contributed by atoms with van der Waals surface area (Å²) >= 11 is 0. The number of nitrogens with two attached hydrogens (primary N) is 3. The quantitative estimate of drug-likeness (QED) is 0.0428. The average Bonchev–Trinajstić information content (AvgIpc) is 4.07. The van der Waals surface area contributed by atoms with Crippen molar-refractivity contribution < 1.29 is 47.1 Å². The first kappa shape index (κ1) is 58.9. The van der Waals surface area contributed by atoms with Crippen molar-refractivity contribution in [2.24, 2.45) is 23.1 Å². The minimum atomic E-state index is -1.45. The van der Waals surface area contributed by atoms with Gasteiger partial charge in [0.25, 0.3) is 0 Å². The number of nitrogens with zero attached hydrogens (tertiary/aromatic N) is 1. The Labute approximate surface area is 451 Å². The van der Waals surface area contributed by atoms with E-state index in [2.05, 4.69) is 52.2 Å². The van der Waals surface area contributed by atoms with E-state index in [0.717, 1.165) is 32.5 Å². The van der Waals surface area contributed by atoms with Crippen LogP contribution in [0.3, 0.4) is 0 Å². The maximum Gasteiger partial charge on any atom is 0.244 e. The van der Waals surface area contributed by atoms with Crippen molar-refractivity contribution in [3.8, 4) is 0 Å². The van der Waals surface area contributed by atoms with Crippen LogP contribution in [-0.2, 0) is 64.0 Å². The van der Waals surface area contributed by atoms with Crippen LogP contribution in [0.4, 0.5) is 8.78 Å². The van der Waals surface area contributed by atoms with Crippen molar-refractivity contribution in [1.82, 2.24) is 52.2 Å². The summed E-state index contributed by atoms with van der Waals surface area (Å²) in [5.41, 5.74) is 20.4. The number of imidazole rings is 1. The van der Waals surface area contributed by atoms with Crippen molar-refractivity contribution in [2.75, 3.05) is 18.1 Å². The highest BCUT2D eigenvalue weighted by Crippen LogP contribution is 2.25. The molecule has 412 valence electrons. The van der Waals surface area contributed by atoms with Crippen LogP contribution in [0.25, 0.3) is 10.9 Å². The fourth-order valence-electron chi connectivity index (χ4n) is 8.47. The van der Waals surface area contributed by atoms with E-state index in [1.807, 2.05) is 24.3 Å². The van der Waals surface area contributed by atoms with Crippen LogP contribution in [0.15, 0.2) is 91.5 Å². The number of aromatic amines is 2. The number of para-hydroxylation sites is 1. The molecule has 0 radical (unpaired) electrons. The van der Waals surface area contributed by atoms with Crippen molar-refractivity contribution in [3.63, 3.8) is 0 Å². The lowest BCUT2D eigenvalue weighted by Crippen LogP contribution is -2.61.